The third-order valence-corrected chi connectivity index (χ3v) is 7.60. The van der Waals surface area contributed by atoms with Crippen LogP contribution in [0.5, 0.6) is 0 Å². The van der Waals surface area contributed by atoms with Gasteiger partial charge < -0.3 is 0 Å². The van der Waals surface area contributed by atoms with Gasteiger partial charge in [-0.1, -0.05) is 0 Å². The molecule has 3 unspecified atom stereocenters. The monoisotopic (exact) mass is 741 g/mol. The summed E-state index contributed by atoms with van der Waals surface area (Å²) >= 11 is 0. The maximum absolute atomic E-state index is 14.5. The van der Waals surface area contributed by atoms with Crippen molar-refractivity contribution in [1.29, 1.82) is 0 Å². The second-order valence-corrected chi connectivity index (χ2v) is 11.7. The number of carbonyl (C=O) groups is 3. The number of benzene rings is 3. The van der Waals surface area contributed by atoms with E-state index in [9.17, 15) is 27.6 Å². The molecule has 1 aliphatic heterocycles. The fraction of sp³-hybridized carbons (Fsp3) is 0.371. The minimum atomic E-state index is -5.16. The van der Waals surface area contributed by atoms with Gasteiger partial charge >= 0.3 is 303 Å². The number of carbonyl (C=O) groups excluding carboxylic acids is 3. The molecule has 0 N–H and O–H groups in total. The number of hydrogen-bond acceptors (Lipinski definition) is 11. The molecule has 17 heteroatoms. The molecule has 274 valence electrons. The Morgan fingerprint density at radius 1 is 0.846 bits per heavy atom. The number of rotatable bonds is 15. The summed E-state index contributed by atoms with van der Waals surface area (Å²) in [4.78, 5) is 42.7. The normalized spacial score (nSPS) is 20.9. The van der Waals surface area contributed by atoms with Crippen molar-refractivity contribution in [3.05, 3.63) is 102 Å². The van der Waals surface area contributed by atoms with Crippen LogP contribution < -0.4 is 0 Å². The fourth-order valence-electron chi connectivity index (χ4n) is 5.06. The van der Waals surface area contributed by atoms with Crippen LogP contribution in [0, 0.1) is 0 Å². The Kier molecular flexibility index (Phi) is 15.5. The van der Waals surface area contributed by atoms with E-state index in [-0.39, 0.29) is 23.4 Å². The molecule has 0 amide bonds. The Balaban J connectivity index is 1.82. The average molecular weight is 741 g/mol. The van der Waals surface area contributed by atoms with Gasteiger partial charge in [0.2, 0.25) is 0 Å². The molecule has 0 bridgehead atoms. The Bertz CT molecular complexity index is 1650. The van der Waals surface area contributed by atoms with Gasteiger partial charge in [0.25, 0.3) is 0 Å². The van der Waals surface area contributed by atoms with Gasteiger partial charge in [0, 0.05) is 0 Å². The number of halogens is 3. The SMILES string of the molecule is CCCCO[C@@H](COC(=O)c1ccccc1)C1O[C@@H](OC(=Nc2ccccc2)C(F)(F)F)[C@H](OC(C)=O)C(OC(=O)c2ccccc2)[C@@H]1OB=BP. The Labute approximate surface area is 302 Å². The standard InChI is InChI=1S/C35H37B2F3NO10P/c1-3-4-20-45-26(21-46-31(43)23-14-8-5-9-15-23)27-29(51-36-37-52)28(48-32(44)24-16-10-6-11-17-24)30(47-22(2)42)33(49-27)50-34(35(38,39)40)41-25-18-12-7-13-19-25/h5-19,26-30,33H,3-4,20-21,52H2,1-2H3/t26-,27?,28?,29+,30+,33-/m0/s1. The molecule has 11 nitrogen and oxygen atoms in total. The predicted octanol–water partition coefficient (Wildman–Crippen LogP) is 5.63. The van der Waals surface area contributed by atoms with Crippen LogP contribution in [-0.2, 0) is 37.9 Å². The van der Waals surface area contributed by atoms with E-state index in [4.69, 9.17) is 33.1 Å². The summed E-state index contributed by atoms with van der Waals surface area (Å²) in [7, 11) is 3.50. The van der Waals surface area contributed by atoms with Gasteiger partial charge in [-0.05, 0) is 0 Å². The van der Waals surface area contributed by atoms with Crippen LogP contribution in [0.25, 0.3) is 0 Å². The second-order valence-electron chi connectivity index (χ2n) is 11.3. The van der Waals surface area contributed by atoms with Crippen LogP contribution in [-0.4, -0.2) is 93.5 Å². The van der Waals surface area contributed by atoms with Crippen molar-refractivity contribution >= 4 is 52.1 Å². The zero-order valence-electron chi connectivity index (χ0n) is 28.3. The number of nitrogens with zero attached hydrogens (tertiary/aromatic N) is 1. The molecule has 7 atom stereocenters. The summed E-state index contributed by atoms with van der Waals surface area (Å²) in [6.45, 7) is 4.00. The number of para-hydroxylation sites is 1. The van der Waals surface area contributed by atoms with E-state index in [0.717, 1.165) is 6.92 Å². The molecule has 1 heterocycles. The van der Waals surface area contributed by atoms with Crippen molar-refractivity contribution in [3.8, 4) is 0 Å². The van der Waals surface area contributed by atoms with E-state index in [1.807, 2.05) is 6.92 Å². The fourth-order valence-corrected chi connectivity index (χ4v) is 5.15. The van der Waals surface area contributed by atoms with Gasteiger partial charge in [0.1, 0.15) is 0 Å². The van der Waals surface area contributed by atoms with Crippen molar-refractivity contribution in [1.82, 2.24) is 0 Å². The molecular weight excluding hydrogens is 704 g/mol. The molecule has 4 rings (SSSR count). The third kappa shape index (κ3) is 11.8. The molecule has 0 saturated carbocycles. The molecule has 3 aromatic carbocycles. The number of unbranched alkanes of at least 4 members (excludes halogenated alkanes) is 1. The second kappa shape index (κ2) is 20.0. The van der Waals surface area contributed by atoms with E-state index < -0.39 is 73.4 Å². The first kappa shape index (κ1) is 40.4. The summed E-state index contributed by atoms with van der Waals surface area (Å²) in [6.07, 6.45) is -13.6. The van der Waals surface area contributed by atoms with Gasteiger partial charge in [0.05, 0.1) is 0 Å². The van der Waals surface area contributed by atoms with Gasteiger partial charge in [-0.3, -0.25) is 0 Å². The average Bonchev–Trinajstić information content (AvgIpc) is 3.14. The third-order valence-electron chi connectivity index (χ3n) is 7.44. The van der Waals surface area contributed by atoms with Gasteiger partial charge in [0.15, 0.2) is 0 Å². The molecular formula is C35H37B2F3NO10P. The first-order valence-corrected chi connectivity index (χ1v) is 17.0. The van der Waals surface area contributed by atoms with E-state index in [0.29, 0.717) is 12.8 Å². The summed E-state index contributed by atoms with van der Waals surface area (Å²) in [6, 6.07) is 23.1. The zero-order chi connectivity index (χ0) is 37.5. The number of aliphatic imine (C=N–C) groups is 1. The quantitative estimate of drug-likeness (QED) is 0.0368. The molecule has 0 aromatic heterocycles. The number of esters is 3. The van der Waals surface area contributed by atoms with Crippen LogP contribution in [0.1, 0.15) is 47.4 Å². The molecule has 1 aliphatic rings. The van der Waals surface area contributed by atoms with Crippen LogP contribution in [0.2, 0.25) is 0 Å². The first-order valence-electron chi connectivity index (χ1n) is 16.3. The van der Waals surface area contributed by atoms with Crippen molar-refractivity contribution in [2.24, 2.45) is 4.99 Å². The van der Waals surface area contributed by atoms with Gasteiger partial charge in [-0.25, -0.2) is 0 Å². The van der Waals surface area contributed by atoms with Crippen molar-refractivity contribution < 1.29 is 60.6 Å². The summed E-state index contributed by atoms with van der Waals surface area (Å²) in [5.74, 6) is -4.33. The molecule has 0 radical (unpaired) electrons. The van der Waals surface area contributed by atoms with Crippen LogP contribution in [0.4, 0.5) is 18.9 Å². The van der Waals surface area contributed by atoms with E-state index in [1.54, 1.807) is 54.6 Å². The summed E-state index contributed by atoms with van der Waals surface area (Å²) < 4.78 is 84.3. The Morgan fingerprint density at radius 2 is 1.44 bits per heavy atom. The van der Waals surface area contributed by atoms with E-state index >= 15 is 0 Å². The van der Waals surface area contributed by atoms with E-state index in [1.165, 1.54) is 49.9 Å². The number of ether oxygens (including phenoxy) is 6. The molecule has 52 heavy (non-hydrogen) atoms. The van der Waals surface area contributed by atoms with Crippen molar-refractivity contribution in [2.75, 3.05) is 13.2 Å². The Hall–Kier alpha value is -4.39. The molecule has 3 aromatic rings. The van der Waals surface area contributed by atoms with Crippen molar-refractivity contribution in [2.45, 2.75) is 69.7 Å². The molecule has 0 aliphatic carbocycles. The van der Waals surface area contributed by atoms with Crippen LogP contribution in [0.3, 0.4) is 0 Å². The van der Waals surface area contributed by atoms with Crippen LogP contribution in [0.15, 0.2) is 96.0 Å². The topological polar surface area (TPSA) is 128 Å². The van der Waals surface area contributed by atoms with Gasteiger partial charge in [-0.15, -0.1) is 0 Å². The molecule has 0 spiro atoms. The van der Waals surface area contributed by atoms with Gasteiger partial charge in [-0.2, -0.15) is 0 Å². The number of hydrogen-bond donors (Lipinski definition) is 0. The predicted molar refractivity (Wildman–Crippen MR) is 188 cm³/mol. The molecule has 1 fully saturated rings. The van der Waals surface area contributed by atoms with E-state index in [2.05, 4.69) is 14.1 Å². The Morgan fingerprint density at radius 3 is 2.00 bits per heavy atom. The first-order chi connectivity index (χ1) is 25.0. The minimum absolute atomic E-state index is 0.0825. The number of alkyl halides is 3. The van der Waals surface area contributed by atoms with Crippen molar-refractivity contribution in [3.63, 3.8) is 0 Å². The summed E-state index contributed by atoms with van der Waals surface area (Å²) in [5.41, 5.74) is 0.216. The summed E-state index contributed by atoms with van der Waals surface area (Å²) in [5, 5.41) is 0. The molecule has 1 saturated heterocycles. The van der Waals surface area contributed by atoms with Crippen LogP contribution >= 0.6 is 9.12 Å². The maximum atomic E-state index is 14.5. The zero-order valence-corrected chi connectivity index (χ0v) is 29.5.